The predicted molar refractivity (Wildman–Crippen MR) is 90.0 cm³/mol. The highest BCUT2D eigenvalue weighted by Gasteiger charge is 2.34. The van der Waals surface area contributed by atoms with Crippen LogP contribution in [0.15, 0.2) is 0 Å². The van der Waals surface area contributed by atoms with Crippen LogP contribution in [0.5, 0.6) is 0 Å². The molecule has 0 aromatic carbocycles. The Morgan fingerprint density at radius 3 is 2.68 bits per heavy atom. The molecule has 3 rings (SSSR count). The lowest BCUT2D eigenvalue weighted by Crippen LogP contribution is -2.34. The van der Waals surface area contributed by atoms with Gasteiger partial charge in [-0.1, -0.05) is 25.2 Å². The van der Waals surface area contributed by atoms with Gasteiger partial charge in [0.25, 0.3) is 0 Å². The van der Waals surface area contributed by atoms with Gasteiger partial charge in [-0.2, -0.15) is 0 Å². The van der Waals surface area contributed by atoms with Crippen molar-refractivity contribution in [2.45, 2.75) is 39.5 Å². The Labute approximate surface area is 140 Å². The van der Waals surface area contributed by atoms with Gasteiger partial charge in [-0.15, -0.1) is 12.4 Å². The summed E-state index contributed by atoms with van der Waals surface area (Å²) in [6.45, 7) is 5.94. The molecule has 1 aromatic heterocycles. The minimum absolute atomic E-state index is 0. The molecule has 1 aliphatic heterocycles. The standard InChI is InChI=1S/C15H21N3O2S.ClH/c1-15(2)7-10-12(11(19)8-15)21-14(17-10)18-13(20)9-3-5-16-6-4-9;/h9,16H,3-8H2,1-2H3,(H,17,18,20);1H. The molecule has 0 atom stereocenters. The molecular weight excluding hydrogens is 322 g/mol. The Balaban J connectivity index is 0.00000176. The van der Waals surface area contributed by atoms with Gasteiger partial charge in [-0.05, 0) is 37.8 Å². The fraction of sp³-hybridized carbons (Fsp3) is 0.667. The molecule has 2 heterocycles. The van der Waals surface area contributed by atoms with E-state index in [0.29, 0.717) is 11.6 Å². The number of ketones is 1. The zero-order valence-corrected chi connectivity index (χ0v) is 14.5. The van der Waals surface area contributed by atoms with Crippen molar-refractivity contribution in [2.75, 3.05) is 18.4 Å². The number of amides is 1. The molecule has 0 spiro atoms. The third kappa shape index (κ3) is 3.67. The summed E-state index contributed by atoms with van der Waals surface area (Å²) in [6, 6.07) is 0. The minimum atomic E-state index is -0.0333. The summed E-state index contributed by atoms with van der Waals surface area (Å²) in [4.78, 5) is 29.6. The van der Waals surface area contributed by atoms with Crippen LogP contribution in [0.25, 0.3) is 0 Å². The SMILES string of the molecule is CC1(C)CC(=O)c2sc(NC(=O)C3CCNCC3)nc2C1.Cl. The third-order valence-corrected chi connectivity index (χ3v) is 5.23. The number of aromatic nitrogens is 1. The molecule has 7 heteroatoms. The van der Waals surface area contributed by atoms with Crippen LogP contribution in [0, 0.1) is 11.3 Å². The summed E-state index contributed by atoms with van der Waals surface area (Å²) in [6.07, 6.45) is 3.09. The third-order valence-electron chi connectivity index (χ3n) is 4.18. The molecule has 0 unspecified atom stereocenters. The molecule has 122 valence electrons. The number of anilines is 1. The lowest BCUT2D eigenvalue weighted by molar-refractivity contribution is -0.120. The minimum Gasteiger partial charge on any atom is -0.317 e. The number of halogens is 1. The van der Waals surface area contributed by atoms with Crippen LogP contribution in [-0.4, -0.2) is 29.8 Å². The first-order valence-corrected chi connectivity index (χ1v) is 8.31. The molecule has 1 saturated heterocycles. The number of carbonyl (C=O) groups excluding carboxylic acids is 2. The molecule has 0 radical (unpaired) electrons. The number of hydrogen-bond acceptors (Lipinski definition) is 5. The van der Waals surface area contributed by atoms with Crippen molar-refractivity contribution in [2.24, 2.45) is 11.3 Å². The van der Waals surface area contributed by atoms with Crippen molar-refractivity contribution < 1.29 is 9.59 Å². The van der Waals surface area contributed by atoms with E-state index in [1.807, 2.05) is 0 Å². The van der Waals surface area contributed by atoms with Gasteiger partial charge in [0.15, 0.2) is 10.9 Å². The average Bonchev–Trinajstić information content (AvgIpc) is 2.81. The number of piperidine rings is 1. The maximum absolute atomic E-state index is 12.2. The number of hydrogen-bond donors (Lipinski definition) is 2. The molecule has 1 aliphatic carbocycles. The number of carbonyl (C=O) groups is 2. The second-order valence-electron chi connectivity index (χ2n) is 6.75. The molecular formula is C15H22ClN3O2S. The van der Waals surface area contributed by atoms with Gasteiger partial charge in [0.2, 0.25) is 5.91 Å². The van der Waals surface area contributed by atoms with E-state index < -0.39 is 0 Å². The van der Waals surface area contributed by atoms with Crippen molar-refractivity contribution in [1.29, 1.82) is 0 Å². The number of fused-ring (bicyclic) bond motifs is 1. The fourth-order valence-corrected chi connectivity index (χ4v) is 3.99. The van der Waals surface area contributed by atoms with Crippen molar-refractivity contribution in [3.63, 3.8) is 0 Å². The first-order valence-electron chi connectivity index (χ1n) is 7.49. The summed E-state index contributed by atoms with van der Waals surface area (Å²) in [5, 5.41) is 6.73. The van der Waals surface area contributed by atoms with E-state index in [1.165, 1.54) is 11.3 Å². The van der Waals surface area contributed by atoms with E-state index in [-0.39, 0.29) is 35.4 Å². The van der Waals surface area contributed by atoms with Crippen LogP contribution in [0.3, 0.4) is 0 Å². The van der Waals surface area contributed by atoms with Crippen LogP contribution >= 0.6 is 23.7 Å². The molecule has 22 heavy (non-hydrogen) atoms. The highest BCUT2D eigenvalue weighted by molar-refractivity contribution is 7.17. The Hall–Kier alpha value is -0.980. The van der Waals surface area contributed by atoms with Crippen LogP contribution in [-0.2, 0) is 11.2 Å². The monoisotopic (exact) mass is 343 g/mol. The maximum Gasteiger partial charge on any atom is 0.229 e. The van der Waals surface area contributed by atoms with E-state index in [9.17, 15) is 9.59 Å². The molecule has 1 aromatic rings. The van der Waals surface area contributed by atoms with Crippen LogP contribution in [0.1, 0.15) is 48.5 Å². The normalized spacial score (nSPS) is 20.9. The zero-order valence-electron chi connectivity index (χ0n) is 12.9. The summed E-state index contributed by atoms with van der Waals surface area (Å²) in [5.74, 6) is 0.245. The predicted octanol–water partition coefficient (Wildman–Crippen LogP) is 2.66. The quantitative estimate of drug-likeness (QED) is 0.866. The number of Topliss-reactive ketones (excluding diaryl/α,β-unsaturated/α-hetero) is 1. The first kappa shape index (κ1) is 17.4. The molecule has 5 nitrogen and oxygen atoms in total. The van der Waals surface area contributed by atoms with Crippen LogP contribution < -0.4 is 10.6 Å². The summed E-state index contributed by atoms with van der Waals surface area (Å²) >= 11 is 1.33. The average molecular weight is 344 g/mol. The van der Waals surface area contributed by atoms with Gasteiger partial charge in [-0.25, -0.2) is 4.98 Å². The lowest BCUT2D eigenvalue weighted by Gasteiger charge is -2.26. The molecule has 2 N–H and O–H groups in total. The van der Waals surface area contributed by atoms with Gasteiger partial charge in [0.1, 0.15) is 0 Å². The highest BCUT2D eigenvalue weighted by Crippen LogP contribution is 2.38. The maximum atomic E-state index is 12.2. The van der Waals surface area contributed by atoms with E-state index in [4.69, 9.17) is 0 Å². The number of thiazole rings is 1. The van der Waals surface area contributed by atoms with Crippen LogP contribution in [0.2, 0.25) is 0 Å². The topological polar surface area (TPSA) is 71.1 Å². The van der Waals surface area contributed by atoms with Gasteiger partial charge < -0.3 is 10.6 Å². The van der Waals surface area contributed by atoms with Gasteiger partial charge in [0.05, 0.1) is 10.6 Å². The summed E-state index contributed by atoms with van der Waals surface area (Å²) in [5.41, 5.74) is 0.816. The Morgan fingerprint density at radius 1 is 1.32 bits per heavy atom. The summed E-state index contributed by atoms with van der Waals surface area (Å²) in [7, 11) is 0. The number of nitrogens with zero attached hydrogens (tertiary/aromatic N) is 1. The Morgan fingerprint density at radius 2 is 2.00 bits per heavy atom. The Kier molecular flexibility index (Phi) is 5.25. The van der Waals surface area contributed by atoms with Gasteiger partial charge >= 0.3 is 0 Å². The fourth-order valence-electron chi connectivity index (χ4n) is 3.07. The van der Waals surface area contributed by atoms with Gasteiger partial charge in [-0.3, -0.25) is 9.59 Å². The lowest BCUT2D eigenvalue weighted by atomic mass is 9.78. The largest absolute Gasteiger partial charge is 0.317 e. The van der Waals surface area contributed by atoms with Crippen molar-refractivity contribution >= 4 is 40.6 Å². The molecule has 0 bridgehead atoms. The molecule has 0 saturated carbocycles. The molecule has 2 aliphatic rings. The molecule has 1 fully saturated rings. The number of nitrogens with one attached hydrogen (secondary N) is 2. The molecule has 1 amide bonds. The second kappa shape index (κ2) is 6.64. The van der Waals surface area contributed by atoms with E-state index in [1.54, 1.807) is 0 Å². The smallest absolute Gasteiger partial charge is 0.229 e. The van der Waals surface area contributed by atoms with Crippen molar-refractivity contribution in [3.8, 4) is 0 Å². The van der Waals surface area contributed by atoms with Crippen molar-refractivity contribution in [1.82, 2.24) is 10.3 Å². The van der Waals surface area contributed by atoms with E-state index in [0.717, 1.165) is 42.9 Å². The van der Waals surface area contributed by atoms with Crippen LogP contribution in [0.4, 0.5) is 5.13 Å². The van der Waals surface area contributed by atoms with E-state index in [2.05, 4.69) is 29.5 Å². The first-order chi connectivity index (χ1) is 9.94. The summed E-state index contributed by atoms with van der Waals surface area (Å²) < 4.78 is 0. The van der Waals surface area contributed by atoms with Gasteiger partial charge in [0, 0.05) is 12.3 Å². The zero-order chi connectivity index (χ0) is 15.0. The van der Waals surface area contributed by atoms with E-state index >= 15 is 0 Å². The Bertz CT molecular complexity index is 579. The number of rotatable bonds is 2. The highest BCUT2D eigenvalue weighted by atomic mass is 35.5. The van der Waals surface area contributed by atoms with Crippen molar-refractivity contribution in [3.05, 3.63) is 10.6 Å². The second-order valence-corrected chi connectivity index (χ2v) is 7.75.